The second kappa shape index (κ2) is 9.07. The van der Waals surface area contributed by atoms with Crippen molar-refractivity contribution in [2.75, 3.05) is 6.54 Å². The van der Waals surface area contributed by atoms with Crippen molar-refractivity contribution in [2.45, 2.75) is 32.8 Å². The highest BCUT2D eigenvalue weighted by Crippen LogP contribution is 2.26. The molecule has 0 fully saturated rings. The molecule has 1 aromatic heterocycles. The van der Waals surface area contributed by atoms with E-state index in [9.17, 15) is 14.4 Å². The summed E-state index contributed by atoms with van der Waals surface area (Å²) in [6.45, 7) is 5.28. The van der Waals surface area contributed by atoms with Crippen molar-refractivity contribution in [2.24, 2.45) is 5.10 Å². The number of carbonyl (C=O) groups excluding carboxylic acids is 2. The van der Waals surface area contributed by atoms with Crippen LogP contribution in [0.4, 0.5) is 4.79 Å². The molecule has 0 saturated carbocycles. The minimum Gasteiger partial charge on any atom is -0.462 e. The number of amides is 2. The van der Waals surface area contributed by atoms with Gasteiger partial charge in [0, 0.05) is 18.0 Å². The lowest BCUT2D eigenvalue weighted by Crippen LogP contribution is -2.34. The predicted octanol–water partition coefficient (Wildman–Crippen LogP) is 3.46. The monoisotopic (exact) mass is 427 g/mol. The number of ether oxygens (including phenoxy) is 1. The Balaban J connectivity index is 1.92. The van der Waals surface area contributed by atoms with Gasteiger partial charge in [-0.3, -0.25) is 9.59 Å². The van der Waals surface area contributed by atoms with Crippen LogP contribution < -0.4 is 16.2 Å². The van der Waals surface area contributed by atoms with Gasteiger partial charge in [0.05, 0.1) is 22.2 Å². The number of alkyl carbamates (subject to hydrolysis) is 1. The van der Waals surface area contributed by atoms with Gasteiger partial charge in [0.15, 0.2) is 5.58 Å². The first-order chi connectivity index (χ1) is 13.1. The SMILES string of the molecule is CC(C)(C)OC(=O)NCCC(=O)N/N=C\c1coc2c(Cl)cc(Cl)cc2c1=O. The zero-order valence-corrected chi connectivity index (χ0v) is 17.0. The van der Waals surface area contributed by atoms with Crippen molar-refractivity contribution >= 4 is 52.4 Å². The van der Waals surface area contributed by atoms with E-state index in [-0.39, 0.29) is 34.5 Å². The molecule has 2 aromatic rings. The number of halogens is 2. The summed E-state index contributed by atoms with van der Waals surface area (Å²) in [5.41, 5.74) is 1.57. The Morgan fingerprint density at radius 3 is 2.68 bits per heavy atom. The summed E-state index contributed by atoms with van der Waals surface area (Å²) in [4.78, 5) is 35.6. The third-order valence-corrected chi connectivity index (χ3v) is 3.73. The fourth-order valence-corrected chi connectivity index (χ4v) is 2.63. The number of nitrogens with zero attached hydrogens (tertiary/aromatic N) is 1. The summed E-state index contributed by atoms with van der Waals surface area (Å²) in [5, 5.41) is 6.89. The van der Waals surface area contributed by atoms with Crippen LogP contribution in [0, 0.1) is 0 Å². The van der Waals surface area contributed by atoms with Crippen molar-refractivity contribution in [3.05, 3.63) is 44.2 Å². The fourth-order valence-electron chi connectivity index (χ4n) is 2.09. The summed E-state index contributed by atoms with van der Waals surface area (Å²) < 4.78 is 10.4. The van der Waals surface area contributed by atoms with E-state index in [1.54, 1.807) is 20.8 Å². The minimum atomic E-state index is -0.619. The highest BCUT2D eigenvalue weighted by atomic mass is 35.5. The van der Waals surface area contributed by atoms with Crippen LogP contribution in [0.1, 0.15) is 32.8 Å². The first kappa shape index (κ1) is 21.7. The molecule has 0 spiro atoms. The van der Waals surface area contributed by atoms with Crippen LogP contribution in [-0.4, -0.2) is 30.4 Å². The maximum absolute atomic E-state index is 12.4. The van der Waals surface area contributed by atoms with Gasteiger partial charge in [-0.25, -0.2) is 10.2 Å². The number of rotatable bonds is 5. The topological polar surface area (TPSA) is 110 Å². The number of hydrogen-bond donors (Lipinski definition) is 2. The molecule has 0 radical (unpaired) electrons. The van der Waals surface area contributed by atoms with Gasteiger partial charge in [0.25, 0.3) is 0 Å². The number of hydrogen-bond acceptors (Lipinski definition) is 6. The van der Waals surface area contributed by atoms with Crippen molar-refractivity contribution in [1.82, 2.24) is 10.7 Å². The second-order valence-electron chi connectivity index (χ2n) is 6.76. The minimum absolute atomic E-state index is 0.0197. The number of carbonyl (C=O) groups is 2. The van der Waals surface area contributed by atoms with Crippen LogP contribution in [0.3, 0.4) is 0 Å². The molecule has 28 heavy (non-hydrogen) atoms. The van der Waals surface area contributed by atoms with E-state index in [0.29, 0.717) is 5.02 Å². The third-order valence-electron chi connectivity index (χ3n) is 3.23. The van der Waals surface area contributed by atoms with Crippen LogP contribution in [-0.2, 0) is 9.53 Å². The molecule has 2 amide bonds. The molecule has 10 heteroatoms. The Kier molecular flexibility index (Phi) is 7.04. The summed E-state index contributed by atoms with van der Waals surface area (Å²) in [5.74, 6) is -0.455. The quantitative estimate of drug-likeness (QED) is 0.560. The van der Waals surface area contributed by atoms with Gasteiger partial charge in [0.2, 0.25) is 11.3 Å². The highest BCUT2D eigenvalue weighted by molar-refractivity contribution is 6.38. The van der Waals surface area contributed by atoms with Crippen molar-refractivity contribution in [1.29, 1.82) is 0 Å². The first-order valence-corrected chi connectivity index (χ1v) is 9.02. The zero-order chi connectivity index (χ0) is 20.9. The maximum Gasteiger partial charge on any atom is 0.407 e. The Hall–Kier alpha value is -2.58. The Morgan fingerprint density at radius 1 is 1.29 bits per heavy atom. The van der Waals surface area contributed by atoms with E-state index in [0.717, 1.165) is 6.21 Å². The van der Waals surface area contributed by atoms with Crippen LogP contribution in [0.25, 0.3) is 11.0 Å². The van der Waals surface area contributed by atoms with Crippen molar-refractivity contribution < 1.29 is 18.7 Å². The molecule has 0 unspecified atom stereocenters. The van der Waals surface area contributed by atoms with Gasteiger partial charge in [0.1, 0.15) is 11.9 Å². The van der Waals surface area contributed by atoms with Gasteiger partial charge in [-0.15, -0.1) is 0 Å². The van der Waals surface area contributed by atoms with Gasteiger partial charge < -0.3 is 14.5 Å². The molecule has 0 aliphatic heterocycles. The van der Waals surface area contributed by atoms with Crippen LogP contribution in [0.5, 0.6) is 0 Å². The van der Waals surface area contributed by atoms with E-state index in [2.05, 4.69) is 15.8 Å². The molecule has 2 rings (SSSR count). The molecule has 0 aliphatic carbocycles. The van der Waals surface area contributed by atoms with Gasteiger partial charge in [-0.2, -0.15) is 5.10 Å². The second-order valence-corrected chi connectivity index (χ2v) is 7.60. The van der Waals surface area contributed by atoms with Crippen LogP contribution >= 0.6 is 23.2 Å². The lowest BCUT2D eigenvalue weighted by Gasteiger charge is -2.19. The Bertz CT molecular complexity index is 980. The van der Waals surface area contributed by atoms with E-state index in [4.69, 9.17) is 32.4 Å². The van der Waals surface area contributed by atoms with Crippen molar-refractivity contribution in [3.63, 3.8) is 0 Å². The first-order valence-electron chi connectivity index (χ1n) is 8.26. The summed E-state index contributed by atoms with van der Waals surface area (Å²) in [7, 11) is 0. The summed E-state index contributed by atoms with van der Waals surface area (Å²) >= 11 is 11.9. The number of hydrazone groups is 1. The molecule has 1 aromatic carbocycles. The number of nitrogens with one attached hydrogen (secondary N) is 2. The molecule has 0 atom stereocenters. The molecule has 1 heterocycles. The Morgan fingerprint density at radius 2 is 2.00 bits per heavy atom. The zero-order valence-electron chi connectivity index (χ0n) is 15.5. The molecule has 0 bridgehead atoms. The molecule has 8 nitrogen and oxygen atoms in total. The summed E-state index contributed by atoms with van der Waals surface area (Å²) in [6.07, 6.45) is 1.70. The van der Waals surface area contributed by atoms with Crippen molar-refractivity contribution in [3.8, 4) is 0 Å². The Labute approximate surface area is 170 Å². The van der Waals surface area contributed by atoms with Crippen LogP contribution in [0.15, 0.2) is 32.7 Å². The van der Waals surface area contributed by atoms with E-state index in [1.807, 2.05) is 0 Å². The smallest absolute Gasteiger partial charge is 0.407 e. The largest absolute Gasteiger partial charge is 0.462 e. The van der Waals surface area contributed by atoms with Gasteiger partial charge in [-0.05, 0) is 32.9 Å². The maximum atomic E-state index is 12.4. The highest BCUT2D eigenvalue weighted by Gasteiger charge is 2.16. The van der Waals surface area contributed by atoms with E-state index in [1.165, 1.54) is 18.4 Å². The lowest BCUT2D eigenvalue weighted by molar-refractivity contribution is -0.120. The molecule has 150 valence electrons. The predicted molar refractivity (Wildman–Crippen MR) is 107 cm³/mol. The average Bonchev–Trinajstić information content (AvgIpc) is 2.55. The van der Waals surface area contributed by atoms with Gasteiger partial charge in [-0.1, -0.05) is 23.2 Å². The lowest BCUT2D eigenvalue weighted by atomic mass is 10.2. The molecular formula is C18H19Cl2N3O5. The van der Waals surface area contributed by atoms with Gasteiger partial charge >= 0.3 is 6.09 Å². The molecule has 2 N–H and O–H groups in total. The molecular weight excluding hydrogens is 409 g/mol. The number of fused-ring (bicyclic) bond motifs is 1. The normalized spacial score (nSPS) is 11.6. The van der Waals surface area contributed by atoms with Crippen LogP contribution in [0.2, 0.25) is 10.0 Å². The van der Waals surface area contributed by atoms with E-state index < -0.39 is 23.0 Å². The third kappa shape index (κ3) is 6.24. The fraction of sp³-hybridized carbons (Fsp3) is 0.333. The number of benzene rings is 1. The average molecular weight is 428 g/mol. The van der Waals surface area contributed by atoms with E-state index >= 15 is 0 Å². The standard InChI is InChI=1S/C18H19Cl2N3O5/c1-18(2,3)28-17(26)21-5-4-14(24)23-22-8-10-9-27-16-12(15(10)25)6-11(19)7-13(16)20/h6-9H,4-5H2,1-3H3,(H,21,26)(H,23,24)/b22-8-. The molecule has 0 aliphatic rings. The molecule has 0 saturated heterocycles. The summed E-state index contributed by atoms with van der Waals surface area (Å²) in [6, 6.07) is 2.90.